The van der Waals surface area contributed by atoms with E-state index in [0.29, 0.717) is 29.0 Å². The lowest BCUT2D eigenvalue weighted by molar-refractivity contribution is -0.117. The molecule has 1 unspecified atom stereocenters. The summed E-state index contributed by atoms with van der Waals surface area (Å²) in [6, 6.07) is 20.3. The number of para-hydroxylation sites is 2. The molecule has 0 saturated carbocycles. The molecule has 1 amide bonds. The minimum absolute atomic E-state index is 0.0313. The van der Waals surface area contributed by atoms with E-state index in [9.17, 15) is 18.5 Å². The van der Waals surface area contributed by atoms with Crippen molar-refractivity contribution in [3.05, 3.63) is 78.0 Å². The molecule has 0 spiro atoms. The van der Waals surface area contributed by atoms with Gasteiger partial charge in [-0.05, 0) is 36.8 Å². The molecule has 0 radical (unpaired) electrons. The second kappa shape index (κ2) is 8.65. The van der Waals surface area contributed by atoms with E-state index in [-0.39, 0.29) is 17.1 Å². The molecule has 5 rings (SSSR count). The summed E-state index contributed by atoms with van der Waals surface area (Å²) < 4.78 is 31.1. The summed E-state index contributed by atoms with van der Waals surface area (Å²) in [6.07, 6.45) is 3.51. The number of nitrogens with zero attached hydrogens (tertiary/aromatic N) is 3. The molecule has 1 N–H and O–H groups in total. The molecule has 3 heterocycles. The van der Waals surface area contributed by atoms with Crippen molar-refractivity contribution in [3.8, 4) is 23.2 Å². The summed E-state index contributed by atoms with van der Waals surface area (Å²) >= 11 is 0. The lowest BCUT2D eigenvalue weighted by atomic mass is 10.1. The predicted molar refractivity (Wildman–Crippen MR) is 128 cm³/mol. The minimum Gasteiger partial charge on any atom is -0.454 e. The van der Waals surface area contributed by atoms with Crippen LogP contribution in [-0.2, 0) is 14.6 Å². The number of benzene rings is 2. The van der Waals surface area contributed by atoms with Crippen LogP contribution in [0.15, 0.2) is 76.9 Å². The van der Waals surface area contributed by atoms with Crippen LogP contribution in [0, 0.1) is 11.3 Å². The van der Waals surface area contributed by atoms with Crippen molar-refractivity contribution in [2.45, 2.75) is 12.5 Å². The monoisotopic (exact) mass is 472 g/mol. The van der Waals surface area contributed by atoms with Crippen LogP contribution in [0.3, 0.4) is 0 Å². The second-order valence-corrected chi connectivity index (χ2v) is 10.3. The predicted octanol–water partition coefficient (Wildman–Crippen LogP) is 3.50. The van der Waals surface area contributed by atoms with E-state index in [0.717, 1.165) is 11.1 Å². The lowest BCUT2D eigenvalue weighted by Crippen LogP contribution is -2.36. The molecule has 1 aliphatic heterocycles. The summed E-state index contributed by atoms with van der Waals surface area (Å²) in [5.74, 6) is -0.202. The average Bonchev–Trinajstić information content (AvgIpc) is 3.53. The number of nitriles is 1. The molecule has 0 aliphatic carbocycles. The van der Waals surface area contributed by atoms with E-state index < -0.39 is 21.8 Å². The molecule has 1 atom stereocenters. The first kappa shape index (κ1) is 21.7. The Morgan fingerprint density at radius 1 is 1.18 bits per heavy atom. The van der Waals surface area contributed by atoms with Gasteiger partial charge in [0.2, 0.25) is 0 Å². The molecule has 2 aromatic heterocycles. The SMILES string of the molecule is N#C/C(=C\c1cn(-c2ccccc2)nc1-c1cc2ccccc2o1)C(=O)NC1CCS(=O)(=O)C1. The highest BCUT2D eigenvalue weighted by molar-refractivity contribution is 7.91. The third-order valence-electron chi connectivity index (χ3n) is 5.65. The Bertz CT molecular complexity index is 1530. The molecule has 1 saturated heterocycles. The van der Waals surface area contributed by atoms with Crippen molar-refractivity contribution in [2.75, 3.05) is 11.5 Å². The average molecular weight is 473 g/mol. The van der Waals surface area contributed by atoms with Crippen LogP contribution in [0.4, 0.5) is 0 Å². The maximum Gasteiger partial charge on any atom is 0.262 e. The van der Waals surface area contributed by atoms with Gasteiger partial charge in [0.05, 0.1) is 17.2 Å². The van der Waals surface area contributed by atoms with Crippen molar-refractivity contribution in [1.29, 1.82) is 5.26 Å². The Kier molecular flexibility index (Phi) is 5.51. The molecule has 34 heavy (non-hydrogen) atoms. The summed E-state index contributed by atoms with van der Waals surface area (Å²) in [5, 5.41) is 17.9. The minimum atomic E-state index is -3.16. The van der Waals surface area contributed by atoms with Crippen LogP contribution in [0.1, 0.15) is 12.0 Å². The Labute approximate surface area is 196 Å². The van der Waals surface area contributed by atoms with Gasteiger partial charge < -0.3 is 9.73 Å². The summed E-state index contributed by atoms with van der Waals surface area (Å²) in [5.41, 5.74) is 2.35. The zero-order valence-corrected chi connectivity index (χ0v) is 18.8. The van der Waals surface area contributed by atoms with Crippen molar-refractivity contribution in [2.24, 2.45) is 0 Å². The maximum absolute atomic E-state index is 12.8. The zero-order chi connectivity index (χ0) is 23.7. The van der Waals surface area contributed by atoms with Gasteiger partial charge in [0.25, 0.3) is 5.91 Å². The zero-order valence-electron chi connectivity index (χ0n) is 18.0. The highest BCUT2D eigenvalue weighted by atomic mass is 32.2. The van der Waals surface area contributed by atoms with Gasteiger partial charge in [-0.25, -0.2) is 13.1 Å². The molecule has 170 valence electrons. The number of amides is 1. The van der Waals surface area contributed by atoms with Crippen LogP contribution >= 0.6 is 0 Å². The van der Waals surface area contributed by atoms with E-state index in [2.05, 4.69) is 10.4 Å². The number of carbonyl (C=O) groups excluding carboxylic acids is 1. The van der Waals surface area contributed by atoms with E-state index in [1.165, 1.54) is 6.08 Å². The number of rotatable bonds is 5. The van der Waals surface area contributed by atoms with Crippen LogP contribution < -0.4 is 5.32 Å². The van der Waals surface area contributed by atoms with E-state index in [1.807, 2.05) is 66.7 Å². The van der Waals surface area contributed by atoms with Gasteiger partial charge in [-0.3, -0.25) is 4.79 Å². The maximum atomic E-state index is 12.8. The molecule has 4 aromatic rings. The fourth-order valence-electron chi connectivity index (χ4n) is 3.97. The first-order valence-corrected chi connectivity index (χ1v) is 12.5. The number of furan rings is 1. The van der Waals surface area contributed by atoms with Gasteiger partial charge in [0.1, 0.15) is 22.9 Å². The Morgan fingerprint density at radius 3 is 2.65 bits per heavy atom. The Hall–Kier alpha value is -4.16. The molecular formula is C25H20N4O4S. The summed E-state index contributed by atoms with van der Waals surface area (Å²) in [6.45, 7) is 0. The second-order valence-electron chi connectivity index (χ2n) is 8.10. The molecule has 2 aromatic carbocycles. The first-order chi connectivity index (χ1) is 16.4. The lowest BCUT2D eigenvalue weighted by Gasteiger charge is -2.09. The highest BCUT2D eigenvalue weighted by Crippen LogP contribution is 2.31. The number of sulfone groups is 1. The molecule has 0 bridgehead atoms. The van der Waals surface area contributed by atoms with E-state index >= 15 is 0 Å². The molecule has 1 aliphatic rings. The molecule has 8 nitrogen and oxygen atoms in total. The third kappa shape index (κ3) is 4.36. The van der Waals surface area contributed by atoms with E-state index in [1.54, 1.807) is 10.9 Å². The molecule has 9 heteroatoms. The van der Waals surface area contributed by atoms with Crippen LogP contribution in [0.25, 0.3) is 34.2 Å². The summed E-state index contributed by atoms with van der Waals surface area (Å²) in [4.78, 5) is 12.8. The highest BCUT2D eigenvalue weighted by Gasteiger charge is 2.29. The van der Waals surface area contributed by atoms with Crippen LogP contribution in [-0.4, -0.2) is 41.7 Å². The number of carbonyl (C=O) groups is 1. The smallest absolute Gasteiger partial charge is 0.262 e. The van der Waals surface area contributed by atoms with Crippen LogP contribution in [0.5, 0.6) is 0 Å². The normalized spacial score (nSPS) is 17.5. The quantitative estimate of drug-likeness (QED) is 0.351. The third-order valence-corrected chi connectivity index (χ3v) is 7.42. The summed E-state index contributed by atoms with van der Waals surface area (Å²) in [7, 11) is -3.16. The topological polar surface area (TPSA) is 118 Å². The van der Waals surface area contributed by atoms with Crippen molar-refractivity contribution >= 4 is 32.8 Å². The van der Waals surface area contributed by atoms with Crippen LogP contribution in [0.2, 0.25) is 0 Å². The fourth-order valence-corrected chi connectivity index (χ4v) is 5.65. The number of hydrogen-bond donors (Lipinski definition) is 1. The van der Waals surface area contributed by atoms with Crippen molar-refractivity contribution < 1.29 is 17.6 Å². The fraction of sp³-hybridized carbons (Fsp3) is 0.160. The standard InChI is InChI=1S/C25H20N4O4S/c26-14-18(25(30)27-20-10-11-34(31,32)16-20)12-19-15-29(21-7-2-1-3-8-21)28-24(19)23-13-17-6-4-5-9-22(17)33-23/h1-9,12-13,15,20H,10-11,16H2,(H,27,30)/b18-12+. The largest absolute Gasteiger partial charge is 0.454 e. The number of fused-ring (bicyclic) bond motifs is 1. The van der Waals surface area contributed by atoms with Gasteiger partial charge in [-0.2, -0.15) is 10.4 Å². The first-order valence-electron chi connectivity index (χ1n) is 10.7. The van der Waals surface area contributed by atoms with Gasteiger partial charge in [-0.1, -0.05) is 36.4 Å². The molecular weight excluding hydrogens is 452 g/mol. The van der Waals surface area contributed by atoms with E-state index in [4.69, 9.17) is 4.42 Å². The Morgan fingerprint density at radius 2 is 1.94 bits per heavy atom. The van der Waals surface area contributed by atoms with Crippen molar-refractivity contribution in [3.63, 3.8) is 0 Å². The Balaban J connectivity index is 1.54. The van der Waals surface area contributed by atoms with Gasteiger partial charge in [0, 0.05) is 23.2 Å². The van der Waals surface area contributed by atoms with Gasteiger partial charge in [-0.15, -0.1) is 0 Å². The number of aromatic nitrogens is 2. The van der Waals surface area contributed by atoms with Crippen molar-refractivity contribution in [1.82, 2.24) is 15.1 Å². The van der Waals surface area contributed by atoms with Gasteiger partial charge in [0.15, 0.2) is 15.6 Å². The van der Waals surface area contributed by atoms with Gasteiger partial charge >= 0.3 is 0 Å². The number of nitrogens with one attached hydrogen (secondary N) is 1. The number of hydrogen-bond acceptors (Lipinski definition) is 6. The molecule has 1 fully saturated rings.